The molecular weight excluding hydrogens is 332 g/mol. The highest BCUT2D eigenvalue weighted by atomic mass is 35.5. The lowest BCUT2D eigenvalue weighted by Crippen LogP contribution is -2.13. The molecule has 0 aliphatic heterocycles. The quantitative estimate of drug-likeness (QED) is 0.637. The largest absolute Gasteiger partial charge is 0.368 e. The van der Waals surface area contributed by atoms with Gasteiger partial charge in [0.2, 0.25) is 5.95 Å². The van der Waals surface area contributed by atoms with Crippen molar-refractivity contribution in [3.05, 3.63) is 71.2 Å². The van der Waals surface area contributed by atoms with Crippen LogP contribution in [0.25, 0.3) is 11.3 Å². The second kappa shape index (κ2) is 7.99. The molecule has 0 aliphatic carbocycles. The highest BCUT2D eigenvalue weighted by Gasteiger charge is 2.07. The molecular formula is C20H21ClN4. The van der Waals surface area contributed by atoms with Crippen molar-refractivity contribution in [1.82, 2.24) is 9.97 Å². The lowest BCUT2D eigenvalue weighted by Gasteiger charge is -2.13. The maximum Gasteiger partial charge on any atom is 0.225 e. The molecule has 5 heteroatoms. The fourth-order valence-corrected chi connectivity index (χ4v) is 2.56. The van der Waals surface area contributed by atoms with Crippen LogP contribution in [0.1, 0.15) is 19.4 Å². The summed E-state index contributed by atoms with van der Waals surface area (Å²) in [5.41, 5.74) is 3.07. The van der Waals surface area contributed by atoms with Crippen LogP contribution >= 0.6 is 11.6 Å². The van der Waals surface area contributed by atoms with Crippen LogP contribution < -0.4 is 10.6 Å². The molecule has 0 saturated carbocycles. The number of anilines is 2. The molecule has 0 atom stereocenters. The number of halogens is 1. The first kappa shape index (κ1) is 17.2. The van der Waals surface area contributed by atoms with Gasteiger partial charge in [0.15, 0.2) is 0 Å². The smallest absolute Gasteiger partial charge is 0.225 e. The van der Waals surface area contributed by atoms with Gasteiger partial charge in [-0.15, -0.1) is 0 Å². The van der Waals surface area contributed by atoms with Crippen LogP contribution in [0.2, 0.25) is 5.02 Å². The summed E-state index contributed by atoms with van der Waals surface area (Å²) < 4.78 is 0. The van der Waals surface area contributed by atoms with Crippen LogP contribution in [0, 0.1) is 0 Å². The molecule has 0 bridgehead atoms. The van der Waals surface area contributed by atoms with Crippen molar-refractivity contribution in [2.75, 3.05) is 10.6 Å². The van der Waals surface area contributed by atoms with Crippen LogP contribution in [0.4, 0.5) is 11.8 Å². The average molecular weight is 353 g/mol. The summed E-state index contributed by atoms with van der Waals surface area (Å²) in [7, 11) is 0. The third-order valence-corrected chi connectivity index (χ3v) is 3.85. The Bertz CT molecular complexity index is 817. The van der Waals surface area contributed by atoms with E-state index in [0.717, 1.165) is 27.7 Å². The molecule has 1 heterocycles. The number of nitrogens with zero attached hydrogens (tertiary/aromatic N) is 2. The van der Waals surface area contributed by atoms with Crippen molar-refractivity contribution in [2.24, 2.45) is 0 Å². The van der Waals surface area contributed by atoms with Gasteiger partial charge in [0.1, 0.15) is 5.82 Å². The second-order valence-electron chi connectivity index (χ2n) is 6.11. The molecule has 4 nitrogen and oxygen atoms in total. The zero-order valence-electron chi connectivity index (χ0n) is 14.3. The molecule has 0 radical (unpaired) electrons. The third kappa shape index (κ3) is 4.94. The molecule has 128 valence electrons. The first-order chi connectivity index (χ1) is 12.1. The van der Waals surface area contributed by atoms with E-state index in [1.807, 2.05) is 60.7 Å². The number of hydrogen-bond donors (Lipinski definition) is 2. The maximum atomic E-state index is 5.93. The summed E-state index contributed by atoms with van der Waals surface area (Å²) in [6.07, 6.45) is 0. The number of rotatable bonds is 6. The summed E-state index contributed by atoms with van der Waals surface area (Å²) in [5, 5.41) is 7.38. The zero-order valence-corrected chi connectivity index (χ0v) is 15.1. The molecule has 3 rings (SSSR count). The van der Waals surface area contributed by atoms with Crippen LogP contribution in [0.15, 0.2) is 60.7 Å². The molecule has 0 aliphatic rings. The highest BCUT2D eigenvalue weighted by Crippen LogP contribution is 2.22. The van der Waals surface area contributed by atoms with Crippen LogP contribution in [-0.2, 0) is 6.54 Å². The van der Waals surface area contributed by atoms with E-state index in [1.54, 1.807) is 0 Å². The lowest BCUT2D eigenvalue weighted by molar-refractivity contribution is 0.886. The minimum atomic E-state index is 0.294. The minimum absolute atomic E-state index is 0.294. The Morgan fingerprint density at radius 2 is 1.68 bits per heavy atom. The monoisotopic (exact) mass is 352 g/mol. The SMILES string of the molecule is CC(C)Nc1cc(-c2ccccc2)nc(NCc2ccc(Cl)cc2)n1. The summed E-state index contributed by atoms with van der Waals surface area (Å²) >= 11 is 5.93. The molecule has 0 saturated heterocycles. The van der Waals surface area contributed by atoms with Crippen LogP contribution in [-0.4, -0.2) is 16.0 Å². The summed E-state index contributed by atoms with van der Waals surface area (Å²) in [4.78, 5) is 9.23. The number of nitrogens with one attached hydrogen (secondary N) is 2. The average Bonchev–Trinajstić information content (AvgIpc) is 2.61. The van der Waals surface area contributed by atoms with Crippen molar-refractivity contribution < 1.29 is 0 Å². The van der Waals surface area contributed by atoms with Crippen molar-refractivity contribution in [1.29, 1.82) is 0 Å². The Kier molecular flexibility index (Phi) is 5.51. The molecule has 0 amide bonds. The second-order valence-corrected chi connectivity index (χ2v) is 6.54. The van der Waals surface area contributed by atoms with E-state index >= 15 is 0 Å². The summed E-state index contributed by atoms with van der Waals surface area (Å²) in [6, 6.07) is 20.1. The van der Waals surface area contributed by atoms with E-state index in [-0.39, 0.29) is 0 Å². The number of benzene rings is 2. The molecule has 0 spiro atoms. The van der Waals surface area contributed by atoms with Gasteiger partial charge < -0.3 is 10.6 Å². The van der Waals surface area contributed by atoms with Crippen molar-refractivity contribution in [3.8, 4) is 11.3 Å². The van der Waals surface area contributed by atoms with Gasteiger partial charge >= 0.3 is 0 Å². The van der Waals surface area contributed by atoms with E-state index in [2.05, 4.69) is 34.4 Å². The van der Waals surface area contributed by atoms with Gasteiger partial charge in [0, 0.05) is 29.2 Å². The molecule has 2 aromatic carbocycles. The van der Waals surface area contributed by atoms with E-state index < -0.39 is 0 Å². The molecule has 25 heavy (non-hydrogen) atoms. The van der Waals surface area contributed by atoms with Crippen LogP contribution in [0.3, 0.4) is 0 Å². The Labute approximate surface area is 153 Å². The van der Waals surface area contributed by atoms with Gasteiger partial charge in [0.05, 0.1) is 5.69 Å². The van der Waals surface area contributed by atoms with Crippen molar-refractivity contribution >= 4 is 23.4 Å². The van der Waals surface area contributed by atoms with Crippen molar-refractivity contribution in [3.63, 3.8) is 0 Å². The van der Waals surface area contributed by atoms with E-state index in [9.17, 15) is 0 Å². The van der Waals surface area contributed by atoms with E-state index in [1.165, 1.54) is 0 Å². The van der Waals surface area contributed by atoms with Gasteiger partial charge in [-0.1, -0.05) is 54.1 Å². The molecule has 0 unspecified atom stereocenters. The zero-order chi connectivity index (χ0) is 17.6. The first-order valence-corrected chi connectivity index (χ1v) is 8.67. The van der Waals surface area contributed by atoms with Crippen molar-refractivity contribution in [2.45, 2.75) is 26.4 Å². The van der Waals surface area contributed by atoms with Crippen LogP contribution in [0.5, 0.6) is 0 Å². The Hall–Kier alpha value is -2.59. The fourth-order valence-electron chi connectivity index (χ4n) is 2.44. The fraction of sp³-hybridized carbons (Fsp3) is 0.200. The normalized spacial score (nSPS) is 10.7. The molecule has 2 N–H and O–H groups in total. The van der Waals surface area contributed by atoms with Gasteiger partial charge in [-0.3, -0.25) is 0 Å². The topological polar surface area (TPSA) is 49.8 Å². The highest BCUT2D eigenvalue weighted by molar-refractivity contribution is 6.30. The standard InChI is InChI=1S/C20H21ClN4/c1-14(2)23-19-12-18(16-6-4-3-5-7-16)24-20(25-19)22-13-15-8-10-17(21)11-9-15/h3-12,14H,13H2,1-2H3,(H2,22,23,24,25). The first-order valence-electron chi connectivity index (χ1n) is 8.29. The maximum absolute atomic E-state index is 5.93. The Balaban J connectivity index is 1.85. The van der Waals surface area contributed by atoms with Gasteiger partial charge in [-0.05, 0) is 31.5 Å². The predicted molar refractivity (Wildman–Crippen MR) is 105 cm³/mol. The van der Waals surface area contributed by atoms with Gasteiger partial charge in [0.25, 0.3) is 0 Å². The lowest BCUT2D eigenvalue weighted by atomic mass is 10.1. The number of hydrogen-bond acceptors (Lipinski definition) is 4. The van der Waals surface area contributed by atoms with Gasteiger partial charge in [-0.2, -0.15) is 4.98 Å². The molecule has 3 aromatic rings. The summed E-state index contributed by atoms with van der Waals surface area (Å²) in [5.74, 6) is 1.40. The minimum Gasteiger partial charge on any atom is -0.368 e. The van der Waals surface area contributed by atoms with Gasteiger partial charge in [-0.25, -0.2) is 4.98 Å². The van der Waals surface area contributed by atoms with E-state index in [0.29, 0.717) is 18.5 Å². The Morgan fingerprint density at radius 3 is 2.36 bits per heavy atom. The van der Waals surface area contributed by atoms with E-state index in [4.69, 9.17) is 11.6 Å². The summed E-state index contributed by atoms with van der Waals surface area (Å²) in [6.45, 7) is 4.81. The Morgan fingerprint density at radius 1 is 0.960 bits per heavy atom. The predicted octanol–water partition coefficient (Wildman–Crippen LogP) is 5.23. The third-order valence-electron chi connectivity index (χ3n) is 3.60. The molecule has 0 fully saturated rings. The number of aromatic nitrogens is 2. The molecule has 1 aromatic heterocycles.